The zero-order chi connectivity index (χ0) is 25.6. The van der Waals surface area contributed by atoms with Gasteiger partial charge in [0, 0.05) is 6.07 Å². The number of ether oxygens (including phenoxy) is 4. The number of nitrogens with zero attached hydrogens (tertiary/aromatic N) is 1. The van der Waals surface area contributed by atoms with Gasteiger partial charge in [0.25, 0.3) is 0 Å². The molecule has 0 atom stereocenters. The van der Waals surface area contributed by atoms with Crippen LogP contribution in [0.4, 0.5) is 5.69 Å². The second kappa shape index (κ2) is 10.9. The van der Waals surface area contributed by atoms with Crippen molar-refractivity contribution in [2.24, 2.45) is 0 Å². The average Bonchev–Trinajstić information content (AvgIpc) is 2.86. The third-order valence-electron chi connectivity index (χ3n) is 5.25. The van der Waals surface area contributed by atoms with Crippen LogP contribution in [0.15, 0.2) is 59.5 Å². The van der Waals surface area contributed by atoms with Crippen molar-refractivity contribution in [3.63, 3.8) is 0 Å². The van der Waals surface area contributed by atoms with Gasteiger partial charge in [0.1, 0.15) is 0 Å². The smallest absolute Gasteiger partial charge is 0.312 e. The molecule has 3 aromatic carbocycles. The SMILES string of the molecule is COc1ccc(S(=O)(=O)Cc2ccccc2/C=C\c2cc(OC)c(OC)c(OC)c2)cc1[N+](=O)[O-]. The van der Waals surface area contributed by atoms with E-state index in [0.717, 1.165) is 11.6 Å². The largest absolute Gasteiger partial charge is 0.493 e. The van der Waals surface area contributed by atoms with Crippen LogP contribution in [0.3, 0.4) is 0 Å². The van der Waals surface area contributed by atoms with Gasteiger partial charge >= 0.3 is 5.69 Å². The Hall–Kier alpha value is -4.05. The van der Waals surface area contributed by atoms with Crippen molar-refractivity contribution in [2.45, 2.75) is 10.6 Å². The molecule has 10 heteroatoms. The number of rotatable bonds is 10. The number of hydrogen-bond acceptors (Lipinski definition) is 8. The summed E-state index contributed by atoms with van der Waals surface area (Å²) in [5.41, 5.74) is 1.55. The Morgan fingerprint density at radius 1 is 0.829 bits per heavy atom. The Balaban J connectivity index is 1.95. The van der Waals surface area contributed by atoms with Crippen molar-refractivity contribution < 1.29 is 32.3 Å². The second-order valence-corrected chi connectivity index (χ2v) is 9.33. The molecule has 3 aromatic rings. The third-order valence-corrected chi connectivity index (χ3v) is 6.91. The highest BCUT2D eigenvalue weighted by molar-refractivity contribution is 7.90. The number of methoxy groups -OCH3 is 4. The zero-order valence-corrected chi connectivity index (χ0v) is 20.5. The lowest BCUT2D eigenvalue weighted by molar-refractivity contribution is -0.386. The number of nitro groups is 1. The molecule has 0 aromatic heterocycles. The Bertz CT molecular complexity index is 1340. The minimum absolute atomic E-state index is 0.0115. The van der Waals surface area contributed by atoms with Gasteiger partial charge in [-0.2, -0.15) is 0 Å². The van der Waals surface area contributed by atoms with Crippen molar-refractivity contribution in [1.29, 1.82) is 0 Å². The first-order chi connectivity index (χ1) is 16.7. The summed E-state index contributed by atoms with van der Waals surface area (Å²) >= 11 is 0. The molecule has 0 spiro atoms. The molecule has 0 radical (unpaired) electrons. The van der Waals surface area contributed by atoms with Gasteiger partial charge in [-0.05, 0) is 41.0 Å². The van der Waals surface area contributed by atoms with E-state index in [-0.39, 0.29) is 16.4 Å². The molecule has 0 N–H and O–H groups in total. The van der Waals surface area contributed by atoms with Crippen molar-refractivity contribution in [3.05, 3.63) is 81.4 Å². The van der Waals surface area contributed by atoms with E-state index in [0.29, 0.717) is 28.4 Å². The van der Waals surface area contributed by atoms with E-state index in [4.69, 9.17) is 18.9 Å². The van der Waals surface area contributed by atoms with Crippen LogP contribution in [0.2, 0.25) is 0 Å². The van der Waals surface area contributed by atoms with E-state index in [9.17, 15) is 18.5 Å². The molecular weight excluding hydrogens is 474 g/mol. The number of sulfone groups is 1. The van der Waals surface area contributed by atoms with Gasteiger partial charge in [-0.3, -0.25) is 10.1 Å². The van der Waals surface area contributed by atoms with Crippen LogP contribution in [-0.2, 0) is 15.6 Å². The summed E-state index contributed by atoms with van der Waals surface area (Å²) in [6, 6.07) is 14.2. The summed E-state index contributed by atoms with van der Waals surface area (Å²) in [5.74, 6) is 1.09. The molecule has 0 fully saturated rings. The molecule has 0 bridgehead atoms. The Labute approximate surface area is 203 Å². The van der Waals surface area contributed by atoms with E-state index in [1.54, 1.807) is 48.6 Å². The molecule has 0 aliphatic rings. The molecule has 35 heavy (non-hydrogen) atoms. The van der Waals surface area contributed by atoms with Gasteiger partial charge in [0.2, 0.25) is 5.75 Å². The van der Waals surface area contributed by atoms with E-state index < -0.39 is 20.4 Å². The van der Waals surface area contributed by atoms with Crippen molar-refractivity contribution >= 4 is 27.7 Å². The van der Waals surface area contributed by atoms with Crippen LogP contribution >= 0.6 is 0 Å². The standard InChI is InChI=1S/C25H25NO8S/c1-31-22-12-11-20(15-21(22)26(27)28)35(29,30)16-19-8-6-5-7-18(19)10-9-17-13-23(32-2)25(34-4)24(14-17)33-3/h5-15H,16H2,1-4H3/b10-9-. The van der Waals surface area contributed by atoms with E-state index in [1.807, 2.05) is 0 Å². The maximum absolute atomic E-state index is 13.1. The maximum atomic E-state index is 13.1. The van der Waals surface area contributed by atoms with Crippen LogP contribution in [-0.4, -0.2) is 41.8 Å². The lowest BCUT2D eigenvalue weighted by Gasteiger charge is -2.13. The van der Waals surface area contributed by atoms with Gasteiger partial charge in [0.15, 0.2) is 27.1 Å². The van der Waals surface area contributed by atoms with E-state index in [1.165, 1.54) is 40.6 Å². The minimum atomic E-state index is -3.88. The Kier molecular flexibility index (Phi) is 7.98. The van der Waals surface area contributed by atoms with Gasteiger partial charge in [-0.25, -0.2) is 8.42 Å². The summed E-state index contributed by atoms with van der Waals surface area (Å²) in [5, 5.41) is 11.3. The minimum Gasteiger partial charge on any atom is -0.493 e. The van der Waals surface area contributed by atoms with Crippen LogP contribution in [0.5, 0.6) is 23.0 Å². The predicted octanol–water partition coefficient (Wildman–Crippen LogP) is 4.77. The summed E-state index contributed by atoms with van der Waals surface area (Å²) in [4.78, 5) is 10.5. The summed E-state index contributed by atoms with van der Waals surface area (Å²) in [6.07, 6.45) is 3.58. The fourth-order valence-corrected chi connectivity index (χ4v) is 4.91. The normalized spacial score (nSPS) is 11.3. The molecule has 3 rings (SSSR count). The molecule has 0 aliphatic heterocycles. The van der Waals surface area contributed by atoms with Crippen molar-refractivity contribution in [3.8, 4) is 23.0 Å². The fraction of sp³-hybridized carbons (Fsp3) is 0.200. The molecule has 0 heterocycles. The molecule has 0 saturated heterocycles. The molecule has 184 valence electrons. The molecule has 0 amide bonds. The first kappa shape index (κ1) is 25.6. The fourth-order valence-electron chi connectivity index (χ4n) is 3.51. The first-order valence-corrected chi connectivity index (χ1v) is 12.0. The number of nitro benzene ring substituents is 1. The molecule has 0 aliphatic carbocycles. The van der Waals surface area contributed by atoms with Crippen LogP contribution in [0.25, 0.3) is 12.2 Å². The number of benzene rings is 3. The van der Waals surface area contributed by atoms with E-state index >= 15 is 0 Å². The lowest BCUT2D eigenvalue weighted by atomic mass is 10.1. The lowest BCUT2D eigenvalue weighted by Crippen LogP contribution is -2.07. The summed E-state index contributed by atoms with van der Waals surface area (Å²) < 4.78 is 47.3. The molecule has 0 unspecified atom stereocenters. The van der Waals surface area contributed by atoms with Gasteiger partial charge in [-0.15, -0.1) is 0 Å². The molecular formula is C25H25NO8S. The Morgan fingerprint density at radius 2 is 1.46 bits per heavy atom. The third kappa shape index (κ3) is 5.72. The van der Waals surface area contributed by atoms with Gasteiger partial charge in [-0.1, -0.05) is 36.4 Å². The maximum Gasteiger partial charge on any atom is 0.312 e. The highest BCUT2D eigenvalue weighted by Gasteiger charge is 2.23. The van der Waals surface area contributed by atoms with Gasteiger partial charge in [0.05, 0.1) is 44.0 Å². The summed E-state index contributed by atoms with van der Waals surface area (Å²) in [7, 11) is 1.97. The van der Waals surface area contributed by atoms with Crippen molar-refractivity contribution in [2.75, 3.05) is 28.4 Å². The second-order valence-electron chi connectivity index (χ2n) is 7.34. The quantitative estimate of drug-likeness (QED) is 0.223. The topological polar surface area (TPSA) is 114 Å². The van der Waals surface area contributed by atoms with Crippen LogP contribution in [0, 0.1) is 10.1 Å². The monoisotopic (exact) mass is 499 g/mol. The van der Waals surface area contributed by atoms with E-state index in [2.05, 4.69) is 0 Å². The number of hydrogen-bond donors (Lipinski definition) is 0. The molecule has 9 nitrogen and oxygen atoms in total. The Morgan fingerprint density at radius 3 is 2.03 bits per heavy atom. The van der Waals surface area contributed by atoms with Crippen LogP contribution in [0.1, 0.15) is 16.7 Å². The van der Waals surface area contributed by atoms with Crippen LogP contribution < -0.4 is 18.9 Å². The average molecular weight is 500 g/mol. The summed E-state index contributed by atoms with van der Waals surface area (Å²) in [6.45, 7) is 0. The zero-order valence-electron chi connectivity index (χ0n) is 19.7. The highest BCUT2D eigenvalue weighted by Crippen LogP contribution is 2.38. The van der Waals surface area contributed by atoms with Crippen molar-refractivity contribution in [1.82, 2.24) is 0 Å². The van der Waals surface area contributed by atoms with Gasteiger partial charge < -0.3 is 18.9 Å². The first-order valence-electron chi connectivity index (χ1n) is 10.3. The predicted molar refractivity (Wildman–Crippen MR) is 132 cm³/mol. The molecule has 0 saturated carbocycles. The highest BCUT2D eigenvalue weighted by atomic mass is 32.2.